The van der Waals surface area contributed by atoms with Crippen LogP contribution in [-0.4, -0.2) is 30.8 Å². The maximum absolute atomic E-state index is 11.8. The van der Waals surface area contributed by atoms with Gasteiger partial charge in [0.05, 0.1) is 0 Å². The number of carbonyl (C=O) groups is 1. The zero-order valence-corrected chi connectivity index (χ0v) is 9.77. The van der Waals surface area contributed by atoms with Gasteiger partial charge < -0.3 is 10.2 Å². The fourth-order valence-corrected chi connectivity index (χ4v) is 2.20. The number of aliphatic carboxylic acids is 1. The minimum absolute atomic E-state index is 0.171. The van der Waals surface area contributed by atoms with Crippen molar-refractivity contribution in [3.05, 3.63) is 24.4 Å². The Hall–Kier alpha value is -1.27. The van der Waals surface area contributed by atoms with Crippen LogP contribution >= 0.6 is 0 Å². The first-order valence-corrected chi connectivity index (χ1v) is 5.81. The van der Waals surface area contributed by atoms with Crippen molar-refractivity contribution in [3.63, 3.8) is 0 Å². The molecule has 0 aliphatic rings. The van der Waals surface area contributed by atoms with Gasteiger partial charge in [0.1, 0.15) is 21.2 Å². The third kappa shape index (κ3) is 2.45. The molecule has 0 saturated carbocycles. The molecule has 16 heavy (non-hydrogen) atoms. The maximum Gasteiger partial charge on any atom is 0.312 e. The van der Waals surface area contributed by atoms with E-state index in [1.54, 1.807) is 12.1 Å². The third-order valence-electron chi connectivity index (χ3n) is 2.22. The molecule has 2 unspecified atom stereocenters. The lowest BCUT2D eigenvalue weighted by molar-refractivity contribution is -0.150. The van der Waals surface area contributed by atoms with Crippen molar-refractivity contribution in [2.24, 2.45) is 5.41 Å². The summed E-state index contributed by atoms with van der Waals surface area (Å²) in [4.78, 5) is 14.7. The van der Waals surface area contributed by atoms with Gasteiger partial charge in [-0.2, -0.15) is 0 Å². The molecule has 0 saturated heterocycles. The Morgan fingerprint density at radius 3 is 2.56 bits per heavy atom. The average Bonchev–Trinajstić information content (AvgIpc) is 2.28. The Balaban J connectivity index is 2.96. The fourth-order valence-electron chi connectivity index (χ4n) is 0.954. The van der Waals surface area contributed by atoms with Crippen LogP contribution in [0.25, 0.3) is 0 Å². The Morgan fingerprint density at radius 1 is 1.50 bits per heavy atom. The van der Waals surface area contributed by atoms with Crippen LogP contribution in [0.15, 0.2) is 29.4 Å². The smallest absolute Gasteiger partial charge is 0.312 e. The van der Waals surface area contributed by atoms with Crippen molar-refractivity contribution >= 4 is 16.8 Å². The number of hydrogen-bond acceptors (Lipinski definition) is 4. The molecule has 0 fully saturated rings. The average molecular weight is 243 g/mol. The summed E-state index contributed by atoms with van der Waals surface area (Å²) >= 11 is 0. The molecule has 0 aliphatic heterocycles. The van der Waals surface area contributed by atoms with Gasteiger partial charge in [0.15, 0.2) is 5.44 Å². The zero-order chi connectivity index (χ0) is 12.3. The summed E-state index contributed by atoms with van der Waals surface area (Å²) in [6.45, 7) is 2.64. The number of rotatable bonds is 4. The molecule has 1 aromatic heterocycles. The summed E-state index contributed by atoms with van der Waals surface area (Å²) in [7, 11) is -1.85. The predicted octanol–water partition coefficient (Wildman–Crippen LogP) is 0.618. The minimum Gasteiger partial charge on any atom is -0.481 e. The molecule has 88 valence electrons. The second-order valence-electron chi connectivity index (χ2n) is 3.84. The Morgan fingerprint density at radius 2 is 2.12 bits per heavy atom. The molecule has 1 rings (SSSR count). The van der Waals surface area contributed by atoms with Gasteiger partial charge in [-0.05, 0) is 26.0 Å². The molecular weight excluding hydrogens is 230 g/mol. The zero-order valence-electron chi connectivity index (χ0n) is 8.95. The van der Waals surface area contributed by atoms with Gasteiger partial charge in [-0.1, -0.05) is 6.07 Å². The number of carboxylic acid groups (broad SMARTS) is 1. The summed E-state index contributed by atoms with van der Waals surface area (Å²) in [6.07, 6.45) is 1.44. The van der Waals surface area contributed by atoms with E-state index in [0.29, 0.717) is 0 Å². The van der Waals surface area contributed by atoms with Crippen molar-refractivity contribution < 1.29 is 19.2 Å². The van der Waals surface area contributed by atoms with Crippen LogP contribution in [0.4, 0.5) is 0 Å². The standard InChI is InChI=1S/C10H13NO4S/c1-10(2,8(12)13)9(14)16(15)7-5-3-4-6-11-7/h3-6,9,14H,1-2H3,(H,12,13). The van der Waals surface area contributed by atoms with Crippen LogP contribution in [0.1, 0.15) is 13.8 Å². The molecule has 5 nitrogen and oxygen atoms in total. The van der Waals surface area contributed by atoms with E-state index in [1.165, 1.54) is 26.1 Å². The van der Waals surface area contributed by atoms with Gasteiger partial charge in [0, 0.05) is 6.20 Å². The van der Waals surface area contributed by atoms with Gasteiger partial charge >= 0.3 is 5.97 Å². The Kier molecular flexibility index (Phi) is 3.77. The normalized spacial score (nSPS) is 15.4. The van der Waals surface area contributed by atoms with Crippen LogP contribution in [-0.2, 0) is 15.6 Å². The number of pyridine rings is 1. The molecule has 0 aromatic carbocycles. The number of hydrogen-bond donors (Lipinski definition) is 2. The van der Waals surface area contributed by atoms with E-state index in [4.69, 9.17) is 5.11 Å². The van der Waals surface area contributed by atoms with Crippen molar-refractivity contribution in [1.29, 1.82) is 0 Å². The molecule has 0 bridgehead atoms. The number of aliphatic hydroxyl groups excluding tert-OH is 1. The highest BCUT2D eigenvalue weighted by Gasteiger charge is 2.40. The van der Waals surface area contributed by atoms with Crippen molar-refractivity contribution in [2.45, 2.75) is 24.3 Å². The maximum atomic E-state index is 11.8. The molecule has 0 spiro atoms. The molecule has 0 amide bonds. The number of aromatic nitrogens is 1. The second-order valence-corrected chi connectivity index (χ2v) is 5.30. The topological polar surface area (TPSA) is 87.5 Å². The molecule has 0 aliphatic carbocycles. The lowest BCUT2D eigenvalue weighted by atomic mass is 9.95. The summed E-state index contributed by atoms with van der Waals surface area (Å²) in [5.74, 6) is -1.20. The highest BCUT2D eigenvalue weighted by molar-refractivity contribution is 7.85. The van der Waals surface area contributed by atoms with E-state index < -0.39 is 27.6 Å². The van der Waals surface area contributed by atoms with E-state index in [-0.39, 0.29) is 5.03 Å². The lowest BCUT2D eigenvalue weighted by Crippen LogP contribution is -2.40. The quantitative estimate of drug-likeness (QED) is 0.809. The first kappa shape index (κ1) is 12.8. The van der Waals surface area contributed by atoms with E-state index in [9.17, 15) is 14.1 Å². The minimum atomic E-state index is -1.85. The van der Waals surface area contributed by atoms with Crippen LogP contribution in [0, 0.1) is 5.41 Å². The third-order valence-corrected chi connectivity index (χ3v) is 3.86. The molecular formula is C10H13NO4S. The van der Waals surface area contributed by atoms with Gasteiger partial charge in [0.25, 0.3) is 0 Å². The predicted molar refractivity (Wildman–Crippen MR) is 58.1 cm³/mol. The van der Waals surface area contributed by atoms with E-state index in [2.05, 4.69) is 4.98 Å². The summed E-state index contributed by atoms with van der Waals surface area (Å²) in [5.41, 5.74) is -2.98. The summed E-state index contributed by atoms with van der Waals surface area (Å²) in [5, 5.41) is 18.8. The molecule has 2 N–H and O–H groups in total. The highest BCUT2D eigenvalue weighted by Crippen LogP contribution is 2.25. The largest absolute Gasteiger partial charge is 0.481 e. The van der Waals surface area contributed by atoms with E-state index in [1.807, 2.05) is 0 Å². The SMILES string of the molecule is CC(C)(C(=O)O)C(O)S(=O)c1ccccn1. The number of carboxylic acids is 1. The van der Waals surface area contributed by atoms with Crippen molar-refractivity contribution in [1.82, 2.24) is 4.98 Å². The van der Waals surface area contributed by atoms with Gasteiger partial charge in [-0.3, -0.25) is 4.79 Å². The monoisotopic (exact) mass is 243 g/mol. The van der Waals surface area contributed by atoms with Gasteiger partial charge in [-0.25, -0.2) is 9.19 Å². The lowest BCUT2D eigenvalue weighted by Gasteiger charge is -2.24. The van der Waals surface area contributed by atoms with Crippen LogP contribution in [0.3, 0.4) is 0 Å². The van der Waals surface area contributed by atoms with Crippen LogP contribution < -0.4 is 0 Å². The molecule has 6 heteroatoms. The highest BCUT2D eigenvalue weighted by atomic mass is 32.2. The first-order valence-electron chi connectivity index (χ1n) is 4.60. The Bertz CT molecular complexity index is 405. The van der Waals surface area contributed by atoms with Crippen molar-refractivity contribution in [2.75, 3.05) is 0 Å². The molecule has 1 heterocycles. The summed E-state index contributed by atoms with van der Waals surface area (Å²) < 4.78 is 11.8. The van der Waals surface area contributed by atoms with E-state index in [0.717, 1.165) is 0 Å². The first-order chi connectivity index (χ1) is 7.37. The summed E-state index contributed by atoms with van der Waals surface area (Å²) in [6, 6.07) is 4.76. The van der Waals surface area contributed by atoms with Crippen LogP contribution in [0.2, 0.25) is 0 Å². The van der Waals surface area contributed by atoms with Crippen molar-refractivity contribution in [3.8, 4) is 0 Å². The molecule has 2 atom stereocenters. The van der Waals surface area contributed by atoms with Crippen LogP contribution in [0.5, 0.6) is 0 Å². The molecule has 1 aromatic rings. The van der Waals surface area contributed by atoms with Gasteiger partial charge in [0.2, 0.25) is 0 Å². The molecule has 0 radical (unpaired) electrons. The Labute approximate surface area is 95.6 Å². The van der Waals surface area contributed by atoms with Gasteiger partial charge in [-0.15, -0.1) is 0 Å². The fraction of sp³-hybridized carbons (Fsp3) is 0.400. The second kappa shape index (κ2) is 4.71. The number of aliphatic hydroxyl groups is 1. The van der Waals surface area contributed by atoms with E-state index >= 15 is 0 Å². The number of nitrogens with zero attached hydrogens (tertiary/aromatic N) is 1.